The molecule has 0 aromatic carbocycles. The lowest BCUT2D eigenvalue weighted by Gasteiger charge is -2.07. The Kier molecular flexibility index (Phi) is 5.15. The van der Waals surface area contributed by atoms with Crippen molar-refractivity contribution in [3.8, 4) is 0 Å². The van der Waals surface area contributed by atoms with Crippen molar-refractivity contribution in [1.29, 1.82) is 0 Å². The van der Waals surface area contributed by atoms with E-state index >= 15 is 0 Å². The van der Waals surface area contributed by atoms with E-state index in [0.29, 0.717) is 18.2 Å². The van der Waals surface area contributed by atoms with Crippen LogP contribution < -0.4 is 10.6 Å². The second-order valence-electron chi connectivity index (χ2n) is 3.06. The lowest BCUT2D eigenvalue weighted by Crippen LogP contribution is -2.37. The van der Waals surface area contributed by atoms with Gasteiger partial charge in [-0.25, -0.2) is 15.1 Å². The molecule has 0 unspecified atom stereocenters. The summed E-state index contributed by atoms with van der Waals surface area (Å²) in [6, 6.07) is 3.42. The molecule has 17 heavy (non-hydrogen) atoms. The van der Waals surface area contributed by atoms with Gasteiger partial charge in [0.25, 0.3) is 5.96 Å². The molecule has 0 bridgehead atoms. The van der Waals surface area contributed by atoms with Gasteiger partial charge in [0.1, 0.15) is 10.3 Å². The number of nitrogens with zero attached hydrogens (tertiary/aromatic N) is 3. The standard InChI is InChI=1S/C9H12ClN5O2/c1-2-11-9(14-15(16)17)13-6-7-3-4-8(10)12-5-7/h3-5H,2,6H2,1H3,(H2,11,13,14). The summed E-state index contributed by atoms with van der Waals surface area (Å²) in [6.07, 6.45) is 1.59. The van der Waals surface area contributed by atoms with Crippen LogP contribution in [0.25, 0.3) is 0 Å². The van der Waals surface area contributed by atoms with Crippen LogP contribution in [0.5, 0.6) is 0 Å². The van der Waals surface area contributed by atoms with E-state index in [0.717, 1.165) is 5.56 Å². The van der Waals surface area contributed by atoms with Gasteiger partial charge in [-0.15, -0.1) is 0 Å². The van der Waals surface area contributed by atoms with E-state index in [-0.39, 0.29) is 5.96 Å². The molecule has 0 atom stereocenters. The van der Waals surface area contributed by atoms with Crippen molar-refractivity contribution < 1.29 is 5.03 Å². The third kappa shape index (κ3) is 5.12. The third-order valence-electron chi connectivity index (χ3n) is 1.77. The van der Waals surface area contributed by atoms with Crippen LogP contribution in [0.2, 0.25) is 5.15 Å². The molecule has 0 saturated heterocycles. The number of nitrogens with one attached hydrogen (secondary N) is 2. The predicted molar refractivity (Wildman–Crippen MR) is 64.2 cm³/mol. The highest BCUT2D eigenvalue weighted by Crippen LogP contribution is 2.04. The summed E-state index contributed by atoms with van der Waals surface area (Å²) < 4.78 is 0. The Labute approximate surface area is 103 Å². The van der Waals surface area contributed by atoms with Gasteiger partial charge < -0.3 is 10.6 Å². The first-order valence-corrected chi connectivity index (χ1v) is 5.30. The molecular formula is C9H12ClN5O2. The number of guanidine groups is 1. The average molecular weight is 258 g/mol. The highest BCUT2D eigenvalue weighted by Gasteiger charge is 2.03. The second-order valence-corrected chi connectivity index (χ2v) is 3.45. The molecule has 1 aromatic heterocycles. The van der Waals surface area contributed by atoms with Crippen LogP contribution in [0.3, 0.4) is 0 Å². The van der Waals surface area contributed by atoms with Gasteiger partial charge in [-0.2, -0.15) is 0 Å². The van der Waals surface area contributed by atoms with Crippen LogP contribution in [-0.4, -0.2) is 22.5 Å². The van der Waals surface area contributed by atoms with Crippen LogP contribution in [0, 0.1) is 10.1 Å². The first-order chi connectivity index (χ1) is 8.11. The molecule has 0 amide bonds. The topological polar surface area (TPSA) is 92.5 Å². The minimum absolute atomic E-state index is 0.118. The normalized spacial score (nSPS) is 11.1. The number of aromatic nitrogens is 1. The molecule has 8 heteroatoms. The summed E-state index contributed by atoms with van der Waals surface area (Å²) in [5.74, 6) is 0.118. The number of hydrogen-bond donors (Lipinski definition) is 2. The van der Waals surface area contributed by atoms with Crippen LogP contribution >= 0.6 is 11.6 Å². The third-order valence-corrected chi connectivity index (χ3v) is 2.00. The summed E-state index contributed by atoms with van der Waals surface area (Å²) in [7, 11) is 0. The molecule has 0 aliphatic rings. The molecule has 0 spiro atoms. The maximum absolute atomic E-state index is 10.2. The fraction of sp³-hybridized carbons (Fsp3) is 0.333. The smallest absolute Gasteiger partial charge is 0.269 e. The molecule has 0 aliphatic carbocycles. The van der Waals surface area contributed by atoms with E-state index < -0.39 is 5.03 Å². The Bertz CT molecular complexity index is 406. The van der Waals surface area contributed by atoms with Crippen molar-refractivity contribution >= 4 is 17.6 Å². The van der Waals surface area contributed by atoms with E-state index in [1.807, 2.05) is 6.92 Å². The lowest BCUT2D eigenvalue weighted by molar-refractivity contribution is -0.485. The number of halogens is 1. The minimum Gasteiger partial charge on any atom is -0.351 e. The van der Waals surface area contributed by atoms with E-state index in [9.17, 15) is 10.1 Å². The maximum Gasteiger partial charge on any atom is 0.269 e. The Morgan fingerprint density at radius 2 is 2.35 bits per heavy atom. The number of hydrazone groups is 1. The van der Waals surface area contributed by atoms with E-state index in [4.69, 9.17) is 11.6 Å². The fourth-order valence-electron chi connectivity index (χ4n) is 1.08. The maximum atomic E-state index is 10.2. The van der Waals surface area contributed by atoms with Crippen molar-refractivity contribution in [1.82, 2.24) is 15.6 Å². The zero-order chi connectivity index (χ0) is 12.7. The van der Waals surface area contributed by atoms with Gasteiger partial charge in [0.15, 0.2) is 5.03 Å². The quantitative estimate of drug-likeness (QED) is 0.276. The molecule has 1 rings (SSSR count). The van der Waals surface area contributed by atoms with Crippen molar-refractivity contribution in [3.63, 3.8) is 0 Å². The Morgan fingerprint density at radius 3 is 2.88 bits per heavy atom. The molecule has 0 saturated carbocycles. The molecule has 1 heterocycles. The number of pyridine rings is 1. The number of rotatable bonds is 4. The monoisotopic (exact) mass is 257 g/mol. The molecule has 0 aliphatic heterocycles. The van der Waals surface area contributed by atoms with Crippen molar-refractivity contribution in [3.05, 3.63) is 39.2 Å². The van der Waals surface area contributed by atoms with E-state index in [1.165, 1.54) is 0 Å². The molecule has 0 radical (unpaired) electrons. The highest BCUT2D eigenvalue weighted by atomic mass is 35.5. The van der Waals surface area contributed by atoms with Crippen molar-refractivity contribution in [2.75, 3.05) is 6.54 Å². The number of nitro groups is 1. The van der Waals surface area contributed by atoms with Gasteiger partial charge in [0.05, 0.1) is 0 Å². The molecule has 92 valence electrons. The van der Waals surface area contributed by atoms with Crippen LogP contribution in [0.1, 0.15) is 12.5 Å². The van der Waals surface area contributed by atoms with Crippen molar-refractivity contribution in [2.45, 2.75) is 13.5 Å². The van der Waals surface area contributed by atoms with Crippen molar-refractivity contribution in [2.24, 2.45) is 5.10 Å². The predicted octanol–water partition coefficient (Wildman–Crippen LogP) is 0.982. The lowest BCUT2D eigenvalue weighted by atomic mass is 10.3. The molecule has 0 fully saturated rings. The van der Waals surface area contributed by atoms with Gasteiger partial charge >= 0.3 is 0 Å². The van der Waals surface area contributed by atoms with Gasteiger partial charge in [-0.1, -0.05) is 17.7 Å². The van der Waals surface area contributed by atoms with Crippen LogP contribution in [0.4, 0.5) is 0 Å². The van der Waals surface area contributed by atoms with Crippen LogP contribution in [0.15, 0.2) is 23.4 Å². The zero-order valence-corrected chi connectivity index (χ0v) is 9.94. The van der Waals surface area contributed by atoms with Gasteiger partial charge in [-0.3, -0.25) is 0 Å². The first-order valence-electron chi connectivity index (χ1n) is 4.93. The number of hydrogen-bond acceptors (Lipinski definition) is 3. The van der Waals surface area contributed by atoms with Gasteiger partial charge in [0, 0.05) is 19.3 Å². The second kappa shape index (κ2) is 6.64. The minimum atomic E-state index is -0.759. The largest absolute Gasteiger partial charge is 0.351 e. The fourth-order valence-corrected chi connectivity index (χ4v) is 1.19. The summed E-state index contributed by atoms with van der Waals surface area (Å²) in [4.78, 5) is 14.1. The molecular weight excluding hydrogens is 246 g/mol. The van der Waals surface area contributed by atoms with E-state index in [2.05, 4.69) is 20.7 Å². The molecule has 1 aromatic rings. The summed E-state index contributed by atoms with van der Waals surface area (Å²) >= 11 is 5.64. The Hall–Kier alpha value is -1.89. The summed E-state index contributed by atoms with van der Waals surface area (Å²) in [6.45, 7) is 2.74. The summed E-state index contributed by atoms with van der Waals surface area (Å²) in [5.41, 5.74) is 0.850. The highest BCUT2D eigenvalue weighted by molar-refractivity contribution is 6.29. The Morgan fingerprint density at radius 1 is 1.59 bits per heavy atom. The summed E-state index contributed by atoms with van der Waals surface area (Å²) in [5, 5.41) is 18.6. The van der Waals surface area contributed by atoms with Crippen LogP contribution in [-0.2, 0) is 6.54 Å². The molecule has 7 nitrogen and oxygen atoms in total. The van der Waals surface area contributed by atoms with Gasteiger partial charge in [-0.05, 0) is 18.6 Å². The Balaban J connectivity index is 2.57. The zero-order valence-electron chi connectivity index (χ0n) is 9.18. The van der Waals surface area contributed by atoms with Gasteiger partial charge in [0.2, 0.25) is 0 Å². The molecule has 2 N–H and O–H groups in total. The average Bonchev–Trinajstić information content (AvgIpc) is 2.27. The first kappa shape index (κ1) is 13.2. The SMILES string of the molecule is CCN/C(=N\[N+](=O)[O-])NCc1ccc(Cl)nc1. The van der Waals surface area contributed by atoms with E-state index in [1.54, 1.807) is 18.3 Å².